The van der Waals surface area contributed by atoms with E-state index in [-0.39, 0.29) is 5.91 Å². The number of hydrogen-bond donors (Lipinski definition) is 1. The van der Waals surface area contributed by atoms with Crippen LogP contribution in [0.25, 0.3) is 0 Å². The first-order valence-corrected chi connectivity index (χ1v) is 7.96. The van der Waals surface area contributed by atoms with Gasteiger partial charge in [0.15, 0.2) is 0 Å². The van der Waals surface area contributed by atoms with Crippen molar-refractivity contribution in [2.45, 2.75) is 46.5 Å². The van der Waals surface area contributed by atoms with Gasteiger partial charge in [-0.15, -0.1) is 0 Å². The number of anilines is 1. The Morgan fingerprint density at radius 3 is 2.50 bits per heavy atom. The summed E-state index contributed by atoms with van der Waals surface area (Å²) in [6.07, 6.45) is 4.37. The molecule has 4 atom stereocenters. The Balaban J connectivity index is 1.91. The maximum atomic E-state index is 12.2. The van der Waals surface area contributed by atoms with Crippen molar-refractivity contribution in [1.29, 1.82) is 0 Å². The Bertz CT molecular complexity index is 428. The minimum absolute atomic E-state index is 0.162. The first-order chi connectivity index (χ1) is 9.61. The molecule has 1 aromatic carbocycles. The molecule has 20 heavy (non-hydrogen) atoms. The van der Waals surface area contributed by atoms with E-state index < -0.39 is 0 Å². The van der Waals surface area contributed by atoms with Crippen LogP contribution < -0.4 is 5.32 Å². The van der Waals surface area contributed by atoms with Crippen LogP contribution >= 0.6 is 0 Å². The molecule has 0 bridgehead atoms. The highest BCUT2D eigenvalue weighted by atomic mass is 16.1. The van der Waals surface area contributed by atoms with Crippen molar-refractivity contribution in [1.82, 2.24) is 0 Å². The van der Waals surface area contributed by atoms with Gasteiger partial charge in [0.25, 0.3) is 0 Å². The van der Waals surface area contributed by atoms with Gasteiger partial charge >= 0.3 is 0 Å². The molecule has 0 unspecified atom stereocenters. The molecule has 1 aliphatic rings. The fourth-order valence-electron chi connectivity index (χ4n) is 3.64. The SMILES string of the molecule is CC[C@@H](CC(=O)Nc1ccccc1)[C@H]1CC[C@@H](C)[C@H]1C. The van der Waals surface area contributed by atoms with Gasteiger partial charge in [-0.1, -0.05) is 51.8 Å². The lowest BCUT2D eigenvalue weighted by atomic mass is 9.79. The standard InChI is InChI=1S/C18H27NO/c1-4-15(17-11-10-13(2)14(17)3)12-18(20)19-16-8-6-5-7-9-16/h5-9,13-15,17H,4,10-12H2,1-3H3,(H,19,20)/t13-,14-,15+,17+/m1/s1. The Kier molecular flexibility index (Phi) is 5.22. The van der Waals surface area contributed by atoms with E-state index in [4.69, 9.17) is 0 Å². The average molecular weight is 273 g/mol. The highest BCUT2D eigenvalue weighted by Gasteiger charge is 2.35. The summed E-state index contributed by atoms with van der Waals surface area (Å²) in [4.78, 5) is 12.2. The minimum Gasteiger partial charge on any atom is -0.326 e. The monoisotopic (exact) mass is 273 g/mol. The number of hydrogen-bond acceptors (Lipinski definition) is 1. The molecule has 0 spiro atoms. The van der Waals surface area contributed by atoms with Crippen molar-refractivity contribution in [2.24, 2.45) is 23.7 Å². The summed E-state index contributed by atoms with van der Waals surface area (Å²) in [6, 6.07) is 9.76. The third-order valence-corrected chi connectivity index (χ3v) is 5.16. The van der Waals surface area contributed by atoms with Crippen molar-refractivity contribution < 1.29 is 4.79 Å². The molecule has 1 fully saturated rings. The second-order valence-electron chi connectivity index (χ2n) is 6.36. The molecule has 1 aromatic rings. The molecule has 1 aliphatic carbocycles. The predicted octanol–water partition coefficient (Wildman–Crippen LogP) is 4.72. The molecule has 0 aromatic heterocycles. The van der Waals surface area contributed by atoms with Crippen molar-refractivity contribution in [3.63, 3.8) is 0 Å². The molecule has 1 saturated carbocycles. The van der Waals surface area contributed by atoms with Crippen LogP contribution in [0.15, 0.2) is 30.3 Å². The zero-order valence-electron chi connectivity index (χ0n) is 12.9. The minimum atomic E-state index is 0.162. The molecule has 0 aliphatic heterocycles. The summed E-state index contributed by atoms with van der Waals surface area (Å²) in [6.45, 7) is 6.93. The van der Waals surface area contributed by atoms with Crippen molar-refractivity contribution in [3.8, 4) is 0 Å². The van der Waals surface area contributed by atoms with Crippen LogP contribution in [-0.2, 0) is 4.79 Å². The van der Waals surface area contributed by atoms with E-state index in [0.717, 1.165) is 29.9 Å². The first-order valence-electron chi connectivity index (χ1n) is 7.96. The van der Waals surface area contributed by atoms with Crippen molar-refractivity contribution >= 4 is 11.6 Å². The van der Waals surface area contributed by atoms with Crippen LogP contribution in [0.3, 0.4) is 0 Å². The Hall–Kier alpha value is -1.31. The van der Waals surface area contributed by atoms with E-state index in [1.807, 2.05) is 30.3 Å². The van der Waals surface area contributed by atoms with E-state index in [0.29, 0.717) is 12.3 Å². The largest absolute Gasteiger partial charge is 0.326 e. The summed E-state index contributed by atoms with van der Waals surface area (Å²) >= 11 is 0. The molecule has 110 valence electrons. The second-order valence-corrected chi connectivity index (χ2v) is 6.36. The Morgan fingerprint density at radius 1 is 1.25 bits per heavy atom. The van der Waals surface area contributed by atoms with E-state index in [2.05, 4.69) is 26.1 Å². The lowest BCUT2D eigenvalue weighted by molar-refractivity contribution is -0.117. The van der Waals surface area contributed by atoms with Gasteiger partial charge in [-0.05, 0) is 42.2 Å². The first kappa shape index (κ1) is 15.1. The van der Waals surface area contributed by atoms with E-state index >= 15 is 0 Å². The van der Waals surface area contributed by atoms with Gasteiger partial charge in [0.2, 0.25) is 5.91 Å². The highest BCUT2D eigenvalue weighted by molar-refractivity contribution is 5.90. The number of carbonyl (C=O) groups is 1. The Labute approximate surface area is 123 Å². The summed E-state index contributed by atoms with van der Waals surface area (Å²) in [5, 5.41) is 3.02. The summed E-state index contributed by atoms with van der Waals surface area (Å²) < 4.78 is 0. The number of amides is 1. The van der Waals surface area contributed by atoms with Crippen LogP contribution in [-0.4, -0.2) is 5.91 Å². The molecule has 0 radical (unpaired) electrons. The van der Waals surface area contributed by atoms with E-state index in [9.17, 15) is 4.79 Å². The maximum absolute atomic E-state index is 12.2. The van der Waals surface area contributed by atoms with Gasteiger partial charge in [-0.3, -0.25) is 4.79 Å². The number of rotatable bonds is 5. The fraction of sp³-hybridized carbons (Fsp3) is 0.611. The van der Waals surface area contributed by atoms with Crippen molar-refractivity contribution in [3.05, 3.63) is 30.3 Å². The second kappa shape index (κ2) is 6.92. The Morgan fingerprint density at radius 2 is 1.95 bits per heavy atom. The van der Waals surface area contributed by atoms with Gasteiger partial charge in [0.1, 0.15) is 0 Å². The highest BCUT2D eigenvalue weighted by Crippen LogP contribution is 2.42. The molecular weight excluding hydrogens is 246 g/mol. The van der Waals surface area contributed by atoms with Crippen LogP contribution in [0.4, 0.5) is 5.69 Å². The van der Waals surface area contributed by atoms with Gasteiger partial charge in [-0.2, -0.15) is 0 Å². The molecular formula is C18H27NO. The van der Waals surface area contributed by atoms with Gasteiger partial charge < -0.3 is 5.32 Å². The molecule has 1 amide bonds. The average Bonchev–Trinajstić information content (AvgIpc) is 2.78. The third-order valence-electron chi connectivity index (χ3n) is 5.16. The van der Waals surface area contributed by atoms with Crippen LogP contribution in [0.2, 0.25) is 0 Å². The number of benzene rings is 1. The zero-order valence-corrected chi connectivity index (χ0v) is 12.9. The number of carbonyl (C=O) groups excluding carboxylic acids is 1. The summed E-state index contributed by atoms with van der Waals surface area (Å²) in [7, 11) is 0. The molecule has 0 heterocycles. The predicted molar refractivity (Wildman–Crippen MR) is 84.5 cm³/mol. The lowest BCUT2D eigenvalue weighted by Crippen LogP contribution is -2.24. The van der Waals surface area contributed by atoms with Crippen LogP contribution in [0.5, 0.6) is 0 Å². The molecule has 2 rings (SSSR count). The number of para-hydroxylation sites is 1. The smallest absolute Gasteiger partial charge is 0.224 e. The summed E-state index contributed by atoms with van der Waals surface area (Å²) in [5.41, 5.74) is 0.903. The van der Waals surface area contributed by atoms with Crippen LogP contribution in [0, 0.1) is 23.7 Å². The zero-order chi connectivity index (χ0) is 14.5. The third kappa shape index (κ3) is 3.62. The molecule has 2 heteroatoms. The van der Waals surface area contributed by atoms with Crippen molar-refractivity contribution in [2.75, 3.05) is 5.32 Å². The van der Waals surface area contributed by atoms with E-state index in [1.54, 1.807) is 0 Å². The van der Waals surface area contributed by atoms with Gasteiger partial charge in [0.05, 0.1) is 0 Å². The van der Waals surface area contributed by atoms with Gasteiger partial charge in [0, 0.05) is 12.1 Å². The van der Waals surface area contributed by atoms with Gasteiger partial charge in [-0.25, -0.2) is 0 Å². The van der Waals surface area contributed by atoms with E-state index in [1.165, 1.54) is 12.8 Å². The maximum Gasteiger partial charge on any atom is 0.224 e. The molecule has 2 nitrogen and oxygen atoms in total. The summed E-state index contributed by atoms with van der Waals surface area (Å²) in [5.74, 6) is 2.97. The lowest BCUT2D eigenvalue weighted by Gasteiger charge is -2.26. The quantitative estimate of drug-likeness (QED) is 0.826. The molecule has 1 N–H and O–H groups in total. The molecule has 0 saturated heterocycles. The van der Waals surface area contributed by atoms with Crippen LogP contribution in [0.1, 0.15) is 46.5 Å². The number of nitrogens with one attached hydrogen (secondary N) is 1. The topological polar surface area (TPSA) is 29.1 Å². The normalized spacial score (nSPS) is 27.2. The fourth-order valence-corrected chi connectivity index (χ4v) is 3.64.